The van der Waals surface area contributed by atoms with Crippen LogP contribution in [0.1, 0.15) is 40.4 Å². The van der Waals surface area contributed by atoms with Crippen molar-refractivity contribution in [2.24, 2.45) is 0 Å². The molecule has 1 aliphatic heterocycles. The number of ether oxygens (including phenoxy) is 3. The number of carbonyl (C=O) groups is 2. The van der Waals surface area contributed by atoms with Crippen molar-refractivity contribution < 1.29 is 23.8 Å². The Hall–Kier alpha value is -3.02. The molecule has 1 fully saturated rings. The zero-order valence-electron chi connectivity index (χ0n) is 16.4. The van der Waals surface area contributed by atoms with Gasteiger partial charge in [-0.1, -0.05) is 17.7 Å². The van der Waals surface area contributed by atoms with Gasteiger partial charge in [0.2, 0.25) is 0 Å². The second-order valence-corrected chi connectivity index (χ2v) is 6.80. The Bertz CT molecular complexity index is 864. The Morgan fingerprint density at radius 3 is 2.64 bits per heavy atom. The number of benzene rings is 2. The number of carbonyl (C=O) groups excluding carboxylic acids is 2. The average molecular weight is 383 g/mol. The number of esters is 1. The van der Waals surface area contributed by atoms with Crippen molar-refractivity contribution in [3.05, 3.63) is 59.2 Å². The zero-order chi connectivity index (χ0) is 20.1. The Kier molecular flexibility index (Phi) is 6.19. The van der Waals surface area contributed by atoms with Crippen molar-refractivity contribution in [3.63, 3.8) is 0 Å². The molecule has 0 saturated carbocycles. The van der Waals surface area contributed by atoms with Crippen LogP contribution in [-0.2, 0) is 9.53 Å². The number of hydrogen-bond acceptors (Lipinski definition) is 5. The van der Waals surface area contributed by atoms with Gasteiger partial charge in [-0.2, -0.15) is 0 Å². The topological polar surface area (TPSA) is 65.1 Å². The zero-order valence-corrected chi connectivity index (χ0v) is 16.4. The Morgan fingerprint density at radius 1 is 1.11 bits per heavy atom. The Balaban J connectivity index is 1.70. The third kappa shape index (κ3) is 4.27. The van der Waals surface area contributed by atoms with Gasteiger partial charge in [0.25, 0.3) is 5.91 Å². The van der Waals surface area contributed by atoms with E-state index in [-0.39, 0.29) is 18.6 Å². The highest BCUT2D eigenvalue weighted by molar-refractivity contribution is 5.91. The van der Waals surface area contributed by atoms with E-state index in [1.54, 1.807) is 37.3 Å². The van der Waals surface area contributed by atoms with Crippen LogP contribution in [-0.4, -0.2) is 44.1 Å². The quantitative estimate of drug-likeness (QED) is 0.714. The number of hydrogen-bond donors (Lipinski definition) is 0. The molecule has 0 radical (unpaired) electrons. The summed E-state index contributed by atoms with van der Waals surface area (Å²) in [6.07, 6.45) is 1.70. The monoisotopic (exact) mass is 383 g/mol. The minimum Gasteiger partial charge on any atom is -0.497 e. The van der Waals surface area contributed by atoms with E-state index >= 15 is 0 Å². The summed E-state index contributed by atoms with van der Waals surface area (Å²) < 4.78 is 16.0. The standard InChI is InChI=1S/C22H25NO5/c1-15-6-4-7-16(12-15)22(25)28-14-21(24)23-11-5-8-19(23)18-13-17(26-2)9-10-20(18)27-3/h4,6-7,9-10,12-13,19H,5,8,11,14H2,1-3H3/t19-/m1/s1. The molecule has 148 valence electrons. The molecule has 1 aliphatic rings. The van der Waals surface area contributed by atoms with E-state index in [9.17, 15) is 9.59 Å². The van der Waals surface area contributed by atoms with Gasteiger partial charge in [0.15, 0.2) is 6.61 Å². The summed E-state index contributed by atoms with van der Waals surface area (Å²) in [5, 5.41) is 0. The van der Waals surface area contributed by atoms with E-state index in [4.69, 9.17) is 14.2 Å². The first-order chi connectivity index (χ1) is 13.5. The lowest BCUT2D eigenvalue weighted by molar-refractivity contribution is -0.135. The molecule has 2 aromatic rings. The lowest BCUT2D eigenvalue weighted by Crippen LogP contribution is -2.34. The molecular formula is C22H25NO5. The number of aryl methyl sites for hydroxylation is 1. The molecular weight excluding hydrogens is 358 g/mol. The summed E-state index contributed by atoms with van der Waals surface area (Å²) in [5.74, 6) is 0.711. The molecule has 0 N–H and O–H groups in total. The van der Waals surface area contributed by atoms with Crippen LogP contribution in [0.2, 0.25) is 0 Å². The van der Waals surface area contributed by atoms with Gasteiger partial charge >= 0.3 is 5.97 Å². The summed E-state index contributed by atoms with van der Waals surface area (Å²) >= 11 is 0. The molecule has 0 bridgehead atoms. The fourth-order valence-electron chi connectivity index (χ4n) is 3.55. The molecule has 6 nitrogen and oxygen atoms in total. The summed E-state index contributed by atoms with van der Waals surface area (Å²) in [6.45, 7) is 2.24. The van der Waals surface area contributed by atoms with Gasteiger partial charge in [0, 0.05) is 12.1 Å². The molecule has 1 amide bonds. The highest BCUT2D eigenvalue weighted by atomic mass is 16.5. The van der Waals surface area contributed by atoms with E-state index in [1.807, 2.05) is 31.2 Å². The lowest BCUT2D eigenvalue weighted by Gasteiger charge is -2.26. The van der Waals surface area contributed by atoms with Crippen LogP contribution in [0.4, 0.5) is 0 Å². The maximum absolute atomic E-state index is 12.8. The number of methoxy groups -OCH3 is 2. The summed E-state index contributed by atoms with van der Waals surface area (Å²) in [4.78, 5) is 26.7. The normalized spacial score (nSPS) is 16.0. The Morgan fingerprint density at radius 2 is 1.93 bits per heavy atom. The molecule has 1 heterocycles. The molecule has 3 rings (SSSR count). The highest BCUT2D eigenvalue weighted by Gasteiger charge is 2.32. The van der Waals surface area contributed by atoms with Crippen molar-refractivity contribution in [1.82, 2.24) is 4.90 Å². The number of amides is 1. The smallest absolute Gasteiger partial charge is 0.338 e. The van der Waals surface area contributed by atoms with Crippen molar-refractivity contribution in [2.75, 3.05) is 27.4 Å². The number of nitrogens with zero attached hydrogens (tertiary/aromatic N) is 1. The molecule has 0 aromatic heterocycles. The predicted molar refractivity (Wildman–Crippen MR) is 105 cm³/mol. The van der Waals surface area contributed by atoms with Gasteiger partial charge in [-0.15, -0.1) is 0 Å². The minimum absolute atomic E-state index is 0.129. The Labute approximate surface area is 165 Å². The maximum atomic E-state index is 12.8. The van der Waals surface area contributed by atoms with Crippen LogP contribution in [0.25, 0.3) is 0 Å². The van der Waals surface area contributed by atoms with Crippen LogP contribution in [0, 0.1) is 6.92 Å². The van der Waals surface area contributed by atoms with E-state index < -0.39 is 5.97 Å². The third-order valence-electron chi connectivity index (χ3n) is 4.95. The minimum atomic E-state index is -0.494. The fraction of sp³-hybridized carbons (Fsp3) is 0.364. The summed E-state index contributed by atoms with van der Waals surface area (Å²) in [6, 6.07) is 12.5. The largest absolute Gasteiger partial charge is 0.497 e. The first-order valence-corrected chi connectivity index (χ1v) is 9.28. The molecule has 0 spiro atoms. The van der Waals surface area contributed by atoms with Crippen LogP contribution in [0.15, 0.2) is 42.5 Å². The van der Waals surface area contributed by atoms with Gasteiger partial charge in [-0.05, 0) is 50.1 Å². The summed E-state index contributed by atoms with van der Waals surface area (Å²) in [5.41, 5.74) is 2.31. The second kappa shape index (κ2) is 8.78. The van der Waals surface area contributed by atoms with E-state index in [1.165, 1.54) is 0 Å². The van der Waals surface area contributed by atoms with Crippen LogP contribution in [0.3, 0.4) is 0 Å². The van der Waals surface area contributed by atoms with E-state index in [2.05, 4.69) is 0 Å². The lowest BCUT2D eigenvalue weighted by atomic mass is 10.0. The van der Waals surface area contributed by atoms with E-state index in [0.717, 1.165) is 24.0 Å². The van der Waals surface area contributed by atoms with Gasteiger partial charge in [0.05, 0.1) is 25.8 Å². The van der Waals surface area contributed by atoms with Gasteiger partial charge in [-0.25, -0.2) is 4.79 Å². The highest BCUT2D eigenvalue weighted by Crippen LogP contribution is 2.38. The van der Waals surface area contributed by atoms with Crippen molar-refractivity contribution in [3.8, 4) is 11.5 Å². The SMILES string of the molecule is COc1ccc(OC)c([C@H]2CCCN2C(=O)COC(=O)c2cccc(C)c2)c1. The molecule has 28 heavy (non-hydrogen) atoms. The van der Waals surface area contributed by atoms with Crippen LogP contribution in [0.5, 0.6) is 11.5 Å². The predicted octanol–water partition coefficient (Wildman–Crippen LogP) is 3.53. The number of rotatable bonds is 6. The van der Waals surface area contributed by atoms with Crippen molar-refractivity contribution >= 4 is 11.9 Å². The third-order valence-corrected chi connectivity index (χ3v) is 4.95. The summed E-state index contributed by atoms with van der Waals surface area (Å²) in [7, 11) is 3.21. The fourth-order valence-corrected chi connectivity index (χ4v) is 3.55. The second-order valence-electron chi connectivity index (χ2n) is 6.80. The van der Waals surface area contributed by atoms with Crippen molar-refractivity contribution in [2.45, 2.75) is 25.8 Å². The van der Waals surface area contributed by atoms with Crippen LogP contribution >= 0.6 is 0 Å². The van der Waals surface area contributed by atoms with Gasteiger partial charge < -0.3 is 19.1 Å². The average Bonchev–Trinajstić information content (AvgIpc) is 3.21. The van der Waals surface area contributed by atoms with Gasteiger partial charge in [0.1, 0.15) is 11.5 Å². The maximum Gasteiger partial charge on any atom is 0.338 e. The first-order valence-electron chi connectivity index (χ1n) is 9.28. The molecule has 1 saturated heterocycles. The number of likely N-dealkylation sites (tertiary alicyclic amines) is 1. The molecule has 2 aromatic carbocycles. The van der Waals surface area contributed by atoms with Gasteiger partial charge in [-0.3, -0.25) is 4.79 Å². The van der Waals surface area contributed by atoms with Crippen molar-refractivity contribution in [1.29, 1.82) is 0 Å². The van der Waals surface area contributed by atoms with E-state index in [0.29, 0.717) is 23.6 Å². The molecule has 6 heteroatoms. The molecule has 1 atom stereocenters. The van der Waals surface area contributed by atoms with Crippen LogP contribution < -0.4 is 9.47 Å². The molecule has 0 unspecified atom stereocenters. The first kappa shape index (κ1) is 19.7. The molecule has 0 aliphatic carbocycles.